The fraction of sp³-hybridized carbons (Fsp3) is 0.611. The summed E-state index contributed by atoms with van der Waals surface area (Å²) in [6, 6.07) is 6.75. The zero-order chi connectivity index (χ0) is 17.6. The first-order valence-electron chi connectivity index (χ1n) is 8.41. The van der Waals surface area contributed by atoms with Gasteiger partial charge in [0.25, 0.3) is 0 Å². The van der Waals surface area contributed by atoms with Gasteiger partial charge in [-0.15, -0.1) is 0 Å². The number of morpholine rings is 1. The van der Waals surface area contributed by atoms with E-state index in [9.17, 15) is 4.39 Å². The van der Waals surface area contributed by atoms with Gasteiger partial charge in [0.2, 0.25) is 0 Å². The summed E-state index contributed by atoms with van der Waals surface area (Å²) in [6.07, 6.45) is 0.165. The summed E-state index contributed by atoms with van der Waals surface area (Å²) in [5.41, 5.74) is 0.754. The van der Waals surface area contributed by atoms with Crippen molar-refractivity contribution < 1.29 is 9.13 Å². The van der Waals surface area contributed by atoms with Crippen molar-refractivity contribution in [3.05, 3.63) is 35.6 Å². The minimum atomic E-state index is -0.207. The highest BCUT2D eigenvalue weighted by molar-refractivity contribution is 5.79. The first kappa shape index (κ1) is 18.7. The average Bonchev–Trinajstić information content (AvgIpc) is 2.55. The molecular weight excluding hydrogens is 307 g/mol. The van der Waals surface area contributed by atoms with Crippen LogP contribution in [0.1, 0.15) is 19.4 Å². The summed E-state index contributed by atoms with van der Waals surface area (Å²) < 4.78 is 19.2. The Labute approximate surface area is 144 Å². The molecule has 0 amide bonds. The van der Waals surface area contributed by atoms with Crippen molar-refractivity contribution in [1.29, 1.82) is 0 Å². The minimum Gasteiger partial charge on any atom is -0.374 e. The van der Waals surface area contributed by atoms with Crippen LogP contribution in [0.3, 0.4) is 0 Å². The molecule has 1 saturated heterocycles. The van der Waals surface area contributed by atoms with Crippen LogP contribution in [-0.4, -0.2) is 63.8 Å². The molecule has 1 aliphatic heterocycles. The molecule has 5 nitrogen and oxygen atoms in total. The summed E-state index contributed by atoms with van der Waals surface area (Å²) in [4.78, 5) is 6.52. The minimum absolute atomic E-state index is 0.165. The molecule has 0 radical (unpaired) electrons. The Hall–Kier alpha value is -1.66. The van der Waals surface area contributed by atoms with E-state index in [0.717, 1.165) is 31.2 Å². The van der Waals surface area contributed by atoms with E-state index in [1.165, 1.54) is 6.07 Å². The first-order chi connectivity index (χ1) is 11.4. The van der Waals surface area contributed by atoms with Crippen LogP contribution < -0.4 is 10.6 Å². The molecule has 0 aliphatic carbocycles. The van der Waals surface area contributed by atoms with Gasteiger partial charge in [0, 0.05) is 38.6 Å². The number of halogens is 1. The number of likely N-dealkylation sites (N-methyl/N-ethyl adjacent to an activating group) is 1. The smallest absolute Gasteiger partial charge is 0.191 e. The van der Waals surface area contributed by atoms with Gasteiger partial charge in [-0.3, -0.25) is 4.99 Å². The Morgan fingerprint density at radius 3 is 2.88 bits per heavy atom. The number of hydrogen-bond donors (Lipinski definition) is 2. The van der Waals surface area contributed by atoms with Crippen LogP contribution in [0.4, 0.5) is 4.39 Å². The van der Waals surface area contributed by atoms with Crippen LogP contribution in [0.2, 0.25) is 0 Å². The molecule has 1 aliphatic rings. The molecule has 1 fully saturated rings. The van der Waals surface area contributed by atoms with Crippen molar-refractivity contribution in [2.75, 3.05) is 46.9 Å². The third kappa shape index (κ3) is 5.46. The lowest BCUT2D eigenvalue weighted by Crippen LogP contribution is -2.49. The lowest BCUT2D eigenvalue weighted by atomic mass is 9.84. The SMILES string of the molecule is CN=C(NCC1CN(C)CCO1)NCC(C)(C)c1cccc(F)c1. The van der Waals surface area contributed by atoms with Crippen molar-refractivity contribution in [2.45, 2.75) is 25.4 Å². The number of rotatable bonds is 5. The predicted octanol–water partition coefficient (Wildman–Crippen LogP) is 1.60. The van der Waals surface area contributed by atoms with Crippen molar-refractivity contribution in [2.24, 2.45) is 4.99 Å². The average molecular weight is 336 g/mol. The van der Waals surface area contributed by atoms with Gasteiger partial charge in [-0.25, -0.2) is 4.39 Å². The van der Waals surface area contributed by atoms with E-state index in [1.807, 2.05) is 6.07 Å². The maximum absolute atomic E-state index is 13.4. The Bertz CT molecular complexity index is 562. The molecule has 1 aromatic carbocycles. The summed E-state index contributed by atoms with van der Waals surface area (Å²) in [5, 5.41) is 6.63. The maximum Gasteiger partial charge on any atom is 0.191 e. The second-order valence-electron chi connectivity index (χ2n) is 6.96. The topological polar surface area (TPSA) is 48.9 Å². The van der Waals surface area contributed by atoms with Crippen molar-refractivity contribution >= 4 is 5.96 Å². The number of nitrogens with zero attached hydrogens (tertiary/aromatic N) is 2. The molecule has 24 heavy (non-hydrogen) atoms. The van der Waals surface area contributed by atoms with E-state index in [0.29, 0.717) is 13.1 Å². The number of ether oxygens (including phenoxy) is 1. The molecule has 2 rings (SSSR count). The monoisotopic (exact) mass is 336 g/mol. The van der Waals surface area contributed by atoms with Crippen LogP contribution in [0.5, 0.6) is 0 Å². The third-order valence-electron chi connectivity index (χ3n) is 4.37. The molecule has 1 aromatic rings. The standard InChI is InChI=1S/C18H29FN4O/c1-18(2,14-6-5-7-15(19)10-14)13-22-17(20-3)21-11-16-12-23(4)8-9-24-16/h5-7,10,16H,8-9,11-13H2,1-4H3,(H2,20,21,22). The molecule has 0 saturated carbocycles. The van der Waals surface area contributed by atoms with Gasteiger partial charge in [0.1, 0.15) is 5.82 Å². The van der Waals surface area contributed by atoms with Gasteiger partial charge < -0.3 is 20.3 Å². The Kier molecular flexibility index (Phi) is 6.57. The van der Waals surface area contributed by atoms with E-state index >= 15 is 0 Å². The van der Waals surface area contributed by atoms with Crippen LogP contribution in [0, 0.1) is 5.82 Å². The zero-order valence-electron chi connectivity index (χ0n) is 15.1. The molecule has 6 heteroatoms. The molecule has 2 N–H and O–H groups in total. The van der Waals surface area contributed by atoms with Crippen LogP contribution >= 0.6 is 0 Å². The van der Waals surface area contributed by atoms with Crippen LogP contribution in [0.15, 0.2) is 29.3 Å². The number of benzene rings is 1. The van der Waals surface area contributed by atoms with Gasteiger partial charge >= 0.3 is 0 Å². The van der Waals surface area contributed by atoms with Crippen molar-refractivity contribution in [1.82, 2.24) is 15.5 Å². The van der Waals surface area contributed by atoms with Gasteiger partial charge in [-0.1, -0.05) is 26.0 Å². The predicted molar refractivity (Wildman–Crippen MR) is 96.0 cm³/mol. The summed E-state index contributed by atoms with van der Waals surface area (Å²) >= 11 is 0. The lowest BCUT2D eigenvalue weighted by molar-refractivity contribution is -0.0161. The highest BCUT2D eigenvalue weighted by Gasteiger charge is 2.22. The van der Waals surface area contributed by atoms with Gasteiger partial charge in [-0.05, 0) is 24.7 Å². The normalized spacial score (nSPS) is 20.0. The fourth-order valence-corrected chi connectivity index (χ4v) is 2.74. The highest BCUT2D eigenvalue weighted by atomic mass is 19.1. The maximum atomic E-state index is 13.4. The lowest BCUT2D eigenvalue weighted by Gasteiger charge is -2.31. The molecule has 0 bridgehead atoms. The second-order valence-corrected chi connectivity index (χ2v) is 6.96. The molecule has 0 aromatic heterocycles. The van der Waals surface area contributed by atoms with Crippen molar-refractivity contribution in [3.8, 4) is 0 Å². The first-order valence-corrected chi connectivity index (χ1v) is 8.41. The van der Waals surface area contributed by atoms with Crippen LogP contribution in [-0.2, 0) is 10.2 Å². The van der Waals surface area contributed by atoms with E-state index in [2.05, 4.69) is 41.4 Å². The summed E-state index contributed by atoms with van der Waals surface area (Å²) in [6.45, 7) is 8.19. The Morgan fingerprint density at radius 2 is 2.21 bits per heavy atom. The van der Waals surface area contributed by atoms with Gasteiger partial charge in [0.05, 0.1) is 12.7 Å². The fourth-order valence-electron chi connectivity index (χ4n) is 2.74. The highest BCUT2D eigenvalue weighted by Crippen LogP contribution is 2.22. The molecule has 134 valence electrons. The Balaban J connectivity index is 1.84. The van der Waals surface area contributed by atoms with Crippen LogP contribution in [0.25, 0.3) is 0 Å². The molecule has 1 atom stereocenters. The van der Waals surface area contributed by atoms with Gasteiger partial charge in [0.15, 0.2) is 5.96 Å². The summed E-state index contributed by atoms with van der Waals surface area (Å²) in [7, 11) is 3.85. The zero-order valence-corrected chi connectivity index (χ0v) is 15.1. The number of nitrogens with one attached hydrogen (secondary N) is 2. The molecule has 1 heterocycles. The molecule has 1 unspecified atom stereocenters. The molecular formula is C18H29FN4O. The van der Waals surface area contributed by atoms with E-state index in [-0.39, 0.29) is 17.3 Å². The quantitative estimate of drug-likeness (QED) is 0.633. The Morgan fingerprint density at radius 1 is 1.42 bits per heavy atom. The van der Waals surface area contributed by atoms with Crippen molar-refractivity contribution in [3.63, 3.8) is 0 Å². The van der Waals surface area contributed by atoms with E-state index in [4.69, 9.17) is 4.74 Å². The summed E-state index contributed by atoms with van der Waals surface area (Å²) in [5.74, 6) is 0.526. The number of aliphatic imine (C=N–C) groups is 1. The number of hydrogen-bond acceptors (Lipinski definition) is 3. The number of guanidine groups is 1. The third-order valence-corrected chi connectivity index (χ3v) is 4.37. The van der Waals surface area contributed by atoms with E-state index in [1.54, 1.807) is 19.2 Å². The molecule has 0 spiro atoms. The van der Waals surface area contributed by atoms with E-state index < -0.39 is 0 Å². The van der Waals surface area contributed by atoms with Gasteiger partial charge in [-0.2, -0.15) is 0 Å². The second kappa shape index (κ2) is 8.44. The largest absolute Gasteiger partial charge is 0.374 e.